The van der Waals surface area contributed by atoms with Gasteiger partial charge in [0.05, 0.1) is 38.6 Å². The van der Waals surface area contributed by atoms with Crippen LogP contribution in [0, 0.1) is 0 Å². The first-order valence-corrected chi connectivity index (χ1v) is 6.64. The molecule has 0 spiro atoms. The molecular weight excluding hydrogens is 282 g/mol. The van der Waals surface area contributed by atoms with E-state index in [0.717, 1.165) is 5.39 Å². The second-order valence-electron chi connectivity index (χ2n) is 4.50. The number of hydrogen-bond acceptors (Lipinski definition) is 6. The van der Waals surface area contributed by atoms with Gasteiger partial charge in [0.1, 0.15) is 17.0 Å². The summed E-state index contributed by atoms with van der Waals surface area (Å²) in [7, 11) is 4.78. The highest BCUT2D eigenvalue weighted by Gasteiger charge is 2.16. The molecule has 0 radical (unpaired) electrons. The highest BCUT2D eigenvalue weighted by Crippen LogP contribution is 2.41. The van der Waals surface area contributed by atoms with Gasteiger partial charge in [-0.1, -0.05) is 0 Å². The van der Waals surface area contributed by atoms with E-state index in [0.29, 0.717) is 34.2 Å². The lowest BCUT2D eigenvalue weighted by Gasteiger charge is -2.14. The molecule has 1 aromatic carbocycles. The van der Waals surface area contributed by atoms with E-state index in [-0.39, 0.29) is 0 Å². The van der Waals surface area contributed by atoms with E-state index < -0.39 is 0 Å². The molecule has 2 aromatic heterocycles. The van der Waals surface area contributed by atoms with Crippen LogP contribution in [-0.4, -0.2) is 36.3 Å². The second-order valence-corrected chi connectivity index (χ2v) is 4.50. The summed E-state index contributed by atoms with van der Waals surface area (Å²) in [6.45, 7) is 0. The van der Waals surface area contributed by atoms with Gasteiger partial charge in [-0.3, -0.25) is 9.97 Å². The number of fused-ring (bicyclic) bond motifs is 1. The van der Waals surface area contributed by atoms with Gasteiger partial charge in [-0.15, -0.1) is 0 Å². The molecule has 2 heterocycles. The Morgan fingerprint density at radius 3 is 2.32 bits per heavy atom. The average Bonchev–Trinajstić information content (AvgIpc) is 2.60. The Kier molecular flexibility index (Phi) is 3.74. The van der Waals surface area contributed by atoms with Crippen molar-refractivity contribution in [3.63, 3.8) is 0 Å². The number of ether oxygens (including phenoxy) is 3. The maximum absolute atomic E-state index is 5.45. The molecule has 3 aromatic rings. The van der Waals surface area contributed by atoms with E-state index in [4.69, 9.17) is 14.2 Å². The quantitative estimate of drug-likeness (QED) is 0.737. The SMILES string of the molecule is COc1cc(OC)c2nc(-c3cnccn3)ccc2c1OC. The standard InChI is InChI=1S/C16H15N3O3/c1-20-13-8-14(21-2)16(22-3)10-4-5-11(19-15(10)13)12-9-17-6-7-18-12/h4-9H,1-3H3. The van der Waals surface area contributed by atoms with E-state index >= 15 is 0 Å². The maximum Gasteiger partial charge on any atom is 0.170 e. The van der Waals surface area contributed by atoms with Crippen molar-refractivity contribution in [1.29, 1.82) is 0 Å². The van der Waals surface area contributed by atoms with Gasteiger partial charge in [0, 0.05) is 18.5 Å². The number of pyridine rings is 1. The zero-order valence-electron chi connectivity index (χ0n) is 12.5. The fourth-order valence-electron chi connectivity index (χ4n) is 2.31. The van der Waals surface area contributed by atoms with E-state index in [2.05, 4.69) is 15.0 Å². The molecule has 0 unspecified atom stereocenters. The van der Waals surface area contributed by atoms with E-state index in [9.17, 15) is 0 Å². The zero-order valence-corrected chi connectivity index (χ0v) is 12.5. The van der Waals surface area contributed by atoms with Crippen LogP contribution in [0.2, 0.25) is 0 Å². The maximum atomic E-state index is 5.45. The summed E-state index contributed by atoms with van der Waals surface area (Å²) in [5, 5.41) is 0.811. The van der Waals surface area contributed by atoms with Crippen LogP contribution < -0.4 is 14.2 Å². The average molecular weight is 297 g/mol. The van der Waals surface area contributed by atoms with Crippen LogP contribution in [0.3, 0.4) is 0 Å². The molecule has 0 aliphatic heterocycles. The fraction of sp³-hybridized carbons (Fsp3) is 0.188. The number of nitrogens with zero attached hydrogens (tertiary/aromatic N) is 3. The summed E-state index contributed by atoms with van der Waals surface area (Å²) in [4.78, 5) is 13.0. The van der Waals surface area contributed by atoms with E-state index in [1.807, 2.05) is 12.1 Å². The van der Waals surface area contributed by atoms with E-state index in [1.165, 1.54) is 0 Å². The van der Waals surface area contributed by atoms with Crippen molar-refractivity contribution in [2.45, 2.75) is 0 Å². The third-order valence-corrected chi connectivity index (χ3v) is 3.33. The number of benzene rings is 1. The van der Waals surface area contributed by atoms with Crippen LogP contribution >= 0.6 is 0 Å². The normalized spacial score (nSPS) is 10.5. The molecular formula is C16H15N3O3. The van der Waals surface area contributed by atoms with Crippen molar-refractivity contribution in [2.24, 2.45) is 0 Å². The first kappa shape index (κ1) is 14.1. The number of rotatable bonds is 4. The smallest absolute Gasteiger partial charge is 0.170 e. The fourth-order valence-corrected chi connectivity index (χ4v) is 2.31. The molecule has 0 bridgehead atoms. The Morgan fingerprint density at radius 2 is 1.68 bits per heavy atom. The molecule has 112 valence electrons. The molecule has 0 aliphatic rings. The van der Waals surface area contributed by atoms with Gasteiger partial charge in [-0.05, 0) is 12.1 Å². The van der Waals surface area contributed by atoms with Crippen LogP contribution in [-0.2, 0) is 0 Å². The first-order valence-electron chi connectivity index (χ1n) is 6.64. The third-order valence-electron chi connectivity index (χ3n) is 3.33. The van der Waals surface area contributed by atoms with Gasteiger partial charge in [0.2, 0.25) is 0 Å². The molecule has 0 amide bonds. The third kappa shape index (κ3) is 2.28. The van der Waals surface area contributed by atoms with Crippen molar-refractivity contribution in [2.75, 3.05) is 21.3 Å². The first-order chi connectivity index (χ1) is 10.8. The topological polar surface area (TPSA) is 66.4 Å². The molecule has 22 heavy (non-hydrogen) atoms. The predicted molar refractivity (Wildman–Crippen MR) is 82.4 cm³/mol. The number of aromatic nitrogens is 3. The minimum absolute atomic E-state index is 0.598. The van der Waals surface area contributed by atoms with Crippen LogP contribution in [0.1, 0.15) is 0 Å². The summed E-state index contributed by atoms with van der Waals surface area (Å²) in [5.74, 6) is 1.83. The molecule has 0 atom stereocenters. The van der Waals surface area contributed by atoms with Gasteiger partial charge in [-0.25, -0.2) is 4.98 Å². The zero-order chi connectivity index (χ0) is 15.5. The van der Waals surface area contributed by atoms with Gasteiger partial charge in [0.25, 0.3) is 0 Å². The molecule has 0 N–H and O–H groups in total. The Morgan fingerprint density at radius 1 is 0.864 bits per heavy atom. The Labute approximate surface area is 127 Å². The molecule has 6 nitrogen and oxygen atoms in total. The van der Waals surface area contributed by atoms with Crippen LogP contribution in [0.25, 0.3) is 22.3 Å². The molecule has 3 rings (SSSR count). The Bertz CT molecular complexity index is 807. The van der Waals surface area contributed by atoms with Gasteiger partial charge in [0.15, 0.2) is 11.5 Å². The molecule has 6 heteroatoms. The van der Waals surface area contributed by atoms with Crippen molar-refractivity contribution in [3.05, 3.63) is 36.8 Å². The Balaban J connectivity index is 2.28. The van der Waals surface area contributed by atoms with Crippen LogP contribution in [0.15, 0.2) is 36.8 Å². The molecule has 0 saturated heterocycles. The van der Waals surface area contributed by atoms with E-state index in [1.54, 1.807) is 46.0 Å². The van der Waals surface area contributed by atoms with Crippen molar-refractivity contribution in [1.82, 2.24) is 15.0 Å². The van der Waals surface area contributed by atoms with Crippen molar-refractivity contribution < 1.29 is 14.2 Å². The van der Waals surface area contributed by atoms with Gasteiger partial charge in [-0.2, -0.15) is 0 Å². The summed E-state index contributed by atoms with van der Waals surface area (Å²) in [6, 6.07) is 5.54. The lowest BCUT2D eigenvalue weighted by atomic mass is 10.1. The monoisotopic (exact) mass is 297 g/mol. The minimum Gasteiger partial charge on any atom is -0.494 e. The number of hydrogen-bond donors (Lipinski definition) is 0. The Hall–Kier alpha value is -2.89. The summed E-state index contributed by atoms with van der Waals surface area (Å²) in [6.07, 6.45) is 4.92. The second kappa shape index (κ2) is 5.85. The predicted octanol–water partition coefficient (Wildman–Crippen LogP) is 2.72. The summed E-state index contributed by atoms with van der Waals surface area (Å²) in [5.41, 5.74) is 2.09. The van der Waals surface area contributed by atoms with Gasteiger partial charge >= 0.3 is 0 Å². The lowest BCUT2D eigenvalue weighted by molar-refractivity contribution is 0.353. The summed E-state index contributed by atoms with van der Waals surface area (Å²) < 4.78 is 16.2. The molecule has 0 fully saturated rings. The van der Waals surface area contributed by atoms with Crippen molar-refractivity contribution >= 4 is 10.9 Å². The molecule has 0 aliphatic carbocycles. The number of methoxy groups -OCH3 is 3. The van der Waals surface area contributed by atoms with Crippen LogP contribution in [0.5, 0.6) is 17.2 Å². The highest BCUT2D eigenvalue weighted by atomic mass is 16.5. The lowest BCUT2D eigenvalue weighted by Crippen LogP contribution is -1.97. The van der Waals surface area contributed by atoms with Gasteiger partial charge < -0.3 is 14.2 Å². The van der Waals surface area contributed by atoms with Crippen molar-refractivity contribution in [3.8, 4) is 28.6 Å². The largest absolute Gasteiger partial charge is 0.494 e. The summed E-state index contributed by atoms with van der Waals surface area (Å²) >= 11 is 0. The van der Waals surface area contributed by atoms with Crippen LogP contribution in [0.4, 0.5) is 0 Å². The highest BCUT2D eigenvalue weighted by molar-refractivity contribution is 5.94. The minimum atomic E-state index is 0.598. The molecule has 0 saturated carbocycles.